The van der Waals surface area contributed by atoms with E-state index in [9.17, 15) is 17.8 Å². The van der Waals surface area contributed by atoms with Gasteiger partial charge in [-0.3, -0.25) is 4.79 Å². The van der Waals surface area contributed by atoms with Crippen LogP contribution in [0.2, 0.25) is 0 Å². The molecule has 2 aromatic rings. The van der Waals surface area contributed by atoms with Crippen molar-refractivity contribution in [1.82, 2.24) is 5.43 Å². The van der Waals surface area contributed by atoms with Gasteiger partial charge in [-0.05, 0) is 49.2 Å². The molecule has 0 aliphatic carbocycles. The van der Waals surface area contributed by atoms with Gasteiger partial charge >= 0.3 is 29.6 Å². The van der Waals surface area contributed by atoms with Crippen molar-refractivity contribution in [2.75, 3.05) is 6.61 Å². The van der Waals surface area contributed by atoms with Crippen molar-refractivity contribution in [3.05, 3.63) is 45.6 Å². The van der Waals surface area contributed by atoms with Crippen LogP contribution < -0.4 is 39.7 Å². The molecule has 1 heterocycles. The van der Waals surface area contributed by atoms with Crippen LogP contribution in [0, 0.1) is 13.8 Å². The summed E-state index contributed by atoms with van der Waals surface area (Å²) < 4.78 is 43.4. The number of rotatable bonds is 6. The largest absolute Gasteiger partial charge is 1.00 e. The first-order valence-corrected chi connectivity index (χ1v) is 9.14. The van der Waals surface area contributed by atoms with E-state index in [1.54, 1.807) is 0 Å². The predicted molar refractivity (Wildman–Crippen MR) is 91.5 cm³/mol. The second-order valence-electron chi connectivity index (χ2n) is 5.06. The summed E-state index contributed by atoms with van der Waals surface area (Å²) in [4.78, 5) is 11.7. The minimum atomic E-state index is -4.66. The van der Waals surface area contributed by atoms with Crippen molar-refractivity contribution in [2.45, 2.75) is 18.9 Å². The number of hydrogen-bond donors (Lipinski definition) is 1. The Morgan fingerprint density at radius 3 is 2.50 bits per heavy atom. The molecule has 11 heteroatoms. The van der Waals surface area contributed by atoms with E-state index < -0.39 is 21.1 Å². The smallest absolute Gasteiger partial charge is 0.742 e. The molecule has 1 aromatic carbocycles. The Kier molecular flexibility index (Phi) is 8.51. The van der Waals surface area contributed by atoms with Crippen LogP contribution in [0.3, 0.4) is 0 Å². The van der Waals surface area contributed by atoms with Gasteiger partial charge in [0.15, 0.2) is 16.7 Å². The molecule has 0 atom stereocenters. The molecule has 0 saturated carbocycles. The number of nitrogens with one attached hydrogen (secondary N) is 1. The maximum atomic E-state index is 11.7. The third-order valence-corrected chi connectivity index (χ3v) is 4.17. The molecule has 0 unspecified atom stereocenters. The standard InChI is InChI=1S/C15H15BrN2O6S.Na/c1-9-5-11(16)6-10(2)15(9)23-8-13(19)18-17-7-12-3-4-14(24-12)25(20,21)22;/h3-7H,8H2,1-2H3,(H,18,19)(H,20,21,22);/q;+1/p-1/b17-7+;. The first-order chi connectivity index (χ1) is 11.7. The summed E-state index contributed by atoms with van der Waals surface area (Å²) in [6.07, 6.45) is 1.07. The summed E-state index contributed by atoms with van der Waals surface area (Å²) in [5.41, 5.74) is 3.97. The number of benzene rings is 1. The summed E-state index contributed by atoms with van der Waals surface area (Å²) in [5, 5.41) is 2.89. The fourth-order valence-electron chi connectivity index (χ4n) is 2.00. The quantitative estimate of drug-likeness (QED) is 0.262. The van der Waals surface area contributed by atoms with Gasteiger partial charge in [0.1, 0.15) is 11.5 Å². The van der Waals surface area contributed by atoms with Crippen LogP contribution in [0.4, 0.5) is 0 Å². The first-order valence-electron chi connectivity index (χ1n) is 6.94. The normalized spacial score (nSPS) is 11.2. The number of furan rings is 1. The fourth-order valence-corrected chi connectivity index (χ4v) is 3.12. The maximum absolute atomic E-state index is 11.7. The van der Waals surface area contributed by atoms with Gasteiger partial charge in [0.25, 0.3) is 5.91 Å². The SMILES string of the molecule is Cc1cc(Br)cc(C)c1OCC(=O)N/N=C/c1ccc(S(=O)(=O)[O-])o1.[Na+]. The van der Waals surface area contributed by atoms with E-state index >= 15 is 0 Å². The van der Waals surface area contributed by atoms with E-state index in [2.05, 4.69) is 26.5 Å². The van der Waals surface area contributed by atoms with Crippen molar-refractivity contribution >= 4 is 38.2 Å². The van der Waals surface area contributed by atoms with Crippen LogP contribution in [0.5, 0.6) is 5.75 Å². The monoisotopic (exact) mass is 452 g/mol. The Morgan fingerprint density at radius 1 is 1.35 bits per heavy atom. The molecule has 0 radical (unpaired) electrons. The third kappa shape index (κ3) is 6.53. The van der Waals surface area contributed by atoms with Crippen LogP contribution >= 0.6 is 15.9 Å². The maximum Gasteiger partial charge on any atom is 1.00 e. The van der Waals surface area contributed by atoms with E-state index in [4.69, 9.17) is 9.15 Å². The molecule has 1 N–H and O–H groups in total. The van der Waals surface area contributed by atoms with E-state index in [1.165, 1.54) is 6.07 Å². The molecule has 0 saturated heterocycles. The van der Waals surface area contributed by atoms with Crippen molar-refractivity contribution in [3.8, 4) is 5.75 Å². The van der Waals surface area contributed by atoms with E-state index in [0.29, 0.717) is 5.75 Å². The zero-order chi connectivity index (χ0) is 18.6. The molecule has 2 rings (SSSR count). The van der Waals surface area contributed by atoms with Crippen LogP contribution in [0.25, 0.3) is 0 Å². The van der Waals surface area contributed by atoms with Gasteiger partial charge in [-0.25, -0.2) is 13.8 Å². The summed E-state index contributed by atoms with van der Waals surface area (Å²) in [6, 6.07) is 5.99. The predicted octanol–water partition coefficient (Wildman–Crippen LogP) is -0.904. The van der Waals surface area contributed by atoms with Crippen molar-refractivity contribution < 1.29 is 56.5 Å². The molecular weight excluding hydrogens is 439 g/mol. The number of carbonyl (C=O) groups is 1. The van der Waals surface area contributed by atoms with E-state index in [0.717, 1.165) is 27.9 Å². The van der Waals surface area contributed by atoms with Crippen LogP contribution in [0.1, 0.15) is 16.9 Å². The zero-order valence-corrected chi connectivity index (χ0v) is 18.7. The molecule has 1 amide bonds. The van der Waals surface area contributed by atoms with Crippen molar-refractivity contribution in [2.24, 2.45) is 5.10 Å². The molecule has 0 spiro atoms. The Hall–Kier alpha value is -1.17. The van der Waals surface area contributed by atoms with Crippen LogP contribution in [-0.4, -0.2) is 31.7 Å². The van der Waals surface area contributed by atoms with Crippen LogP contribution in [-0.2, 0) is 14.9 Å². The van der Waals surface area contributed by atoms with Gasteiger partial charge in [-0.2, -0.15) is 5.10 Å². The molecule has 0 aliphatic rings. The Balaban J connectivity index is 0.00000338. The van der Waals surface area contributed by atoms with E-state index in [-0.39, 0.29) is 41.9 Å². The topological polar surface area (TPSA) is 121 Å². The number of hydrogen-bond acceptors (Lipinski definition) is 7. The van der Waals surface area contributed by atoms with Gasteiger partial charge in [0, 0.05) is 4.47 Å². The minimum absolute atomic E-state index is 0. The number of ether oxygens (including phenoxy) is 1. The Bertz CT molecular complexity index is 903. The number of hydrazone groups is 1. The van der Waals surface area contributed by atoms with Crippen molar-refractivity contribution in [3.63, 3.8) is 0 Å². The molecule has 0 bridgehead atoms. The molecule has 134 valence electrons. The fraction of sp³-hybridized carbons (Fsp3) is 0.200. The average Bonchev–Trinajstić information content (AvgIpc) is 2.95. The number of aryl methyl sites for hydroxylation is 2. The van der Waals surface area contributed by atoms with Crippen molar-refractivity contribution in [1.29, 1.82) is 0 Å². The Morgan fingerprint density at radius 2 is 1.96 bits per heavy atom. The molecule has 0 fully saturated rings. The van der Waals surface area contributed by atoms with Gasteiger partial charge in [-0.1, -0.05) is 15.9 Å². The number of halogens is 1. The summed E-state index contributed by atoms with van der Waals surface area (Å²) in [5.74, 6) is 0.107. The molecular formula is C15H14BrN2NaO6S. The third-order valence-electron chi connectivity index (χ3n) is 3.00. The zero-order valence-electron chi connectivity index (χ0n) is 14.3. The number of amides is 1. The number of carbonyl (C=O) groups excluding carboxylic acids is 1. The van der Waals surface area contributed by atoms with E-state index in [1.807, 2.05) is 26.0 Å². The number of nitrogens with zero attached hydrogens (tertiary/aromatic N) is 1. The van der Waals surface area contributed by atoms with Gasteiger partial charge < -0.3 is 13.7 Å². The second kappa shape index (κ2) is 9.67. The van der Waals surface area contributed by atoms with Crippen LogP contribution in [0.15, 0.2) is 43.3 Å². The van der Waals surface area contributed by atoms with Gasteiger partial charge in [0.2, 0.25) is 5.09 Å². The average molecular weight is 453 g/mol. The minimum Gasteiger partial charge on any atom is -0.742 e. The molecule has 1 aromatic heterocycles. The second-order valence-corrected chi connectivity index (χ2v) is 7.29. The molecule has 26 heavy (non-hydrogen) atoms. The summed E-state index contributed by atoms with van der Waals surface area (Å²) in [7, 11) is -4.66. The first kappa shape index (κ1) is 22.9. The van der Waals surface area contributed by atoms with Gasteiger partial charge in [0.05, 0.1) is 6.21 Å². The molecule has 8 nitrogen and oxygen atoms in total. The Labute approximate surface area is 181 Å². The summed E-state index contributed by atoms with van der Waals surface area (Å²) in [6.45, 7) is 3.47. The van der Waals surface area contributed by atoms with Gasteiger partial charge in [-0.15, -0.1) is 0 Å². The summed E-state index contributed by atoms with van der Waals surface area (Å²) >= 11 is 3.38. The molecule has 0 aliphatic heterocycles.